The summed E-state index contributed by atoms with van der Waals surface area (Å²) < 4.78 is 39.1. The van der Waals surface area contributed by atoms with E-state index >= 15 is 0 Å². The second-order valence-corrected chi connectivity index (χ2v) is 5.62. The van der Waals surface area contributed by atoms with Gasteiger partial charge in [-0.25, -0.2) is 4.98 Å². The van der Waals surface area contributed by atoms with E-state index in [4.69, 9.17) is 11.6 Å². The first-order valence-electron chi connectivity index (χ1n) is 7.06. The zero-order valence-electron chi connectivity index (χ0n) is 12.3. The molecule has 0 fully saturated rings. The largest absolute Gasteiger partial charge is 0.416 e. The van der Waals surface area contributed by atoms with Crippen LogP contribution in [-0.2, 0) is 12.6 Å². The van der Waals surface area contributed by atoms with E-state index in [1.165, 1.54) is 18.6 Å². The van der Waals surface area contributed by atoms with Crippen molar-refractivity contribution in [3.63, 3.8) is 0 Å². The van der Waals surface area contributed by atoms with Gasteiger partial charge in [-0.05, 0) is 35.9 Å². The van der Waals surface area contributed by atoms with Crippen molar-refractivity contribution < 1.29 is 13.2 Å². The second-order valence-electron chi connectivity index (χ2n) is 5.21. The van der Waals surface area contributed by atoms with Crippen LogP contribution in [0.5, 0.6) is 0 Å². The summed E-state index contributed by atoms with van der Waals surface area (Å²) in [5.41, 5.74) is 0.916. The van der Waals surface area contributed by atoms with E-state index in [0.717, 1.165) is 12.1 Å². The summed E-state index contributed by atoms with van der Waals surface area (Å²) in [5.74, 6) is -0.445. The van der Waals surface area contributed by atoms with Gasteiger partial charge in [-0.3, -0.25) is 0 Å². The predicted molar refractivity (Wildman–Crippen MR) is 82.6 cm³/mol. The Morgan fingerprint density at radius 2 is 2.04 bits per heavy atom. The Morgan fingerprint density at radius 1 is 1.21 bits per heavy atom. The van der Waals surface area contributed by atoms with Crippen LogP contribution in [0.25, 0.3) is 0 Å². The van der Waals surface area contributed by atoms with Gasteiger partial charge in [0.2, 0.25) is 0 Å². The summed E-state index contributed by atoms with van der Waals surface area (Å²) in [7, 11) is 0. The van der Waals surface area contributed by atoms with Crippen LogP contribution in [0.3, 0.4) is 0 Å². The molecule has 0 radical (unpaired) electrons. The Hall–Kier alpha value is -2.41. The number of rotatable bonds is 4. The summed E-state index contributed by atoms with van der Waals surface area (Å²) >= 11 is 6.19. The third-order valence-corrected chi connectivity index (χ3v) is 3.98. The van der Waals surface area contributed by atoms with Gasteiger partial charge in [0.1, 0.15) is 0 Å². The fourth-order valence-electron chi connectivity index (χ4n) is 2.48. The van der Waals surface area contributed by atoms with E-state index in [0.29, 0.717) is 23.4 Å². The number of hydrogen-bond acceptors (Lipinski definition) is 3. The quantitative estimate of drug-likeness (QED) is 0.763. The van der Waals surface area contributed by atoms with E-state index in [1.807, 2.05) is 0 Å². The smallest absolute Gasteiger partial charge is 0.348 e. The van der Waals surface area contributed by atoms with Crippen molar-refractivity contribution in [3.05, 3.63) is 76.6 Å². The summed E-state index contributed by atoms with van der Waals surface area (Å²) in [5, 5.41) is 8.06. The maximum Gasteiger partial charge on any atom is 0.416 e. The topological polar surface area (TPSA) is 54.5 Å². The molecule has 0 aliphatic rings. The third-order valence-electron chi connectivity index (χ3n) is 3.63. The number of H-pyrrole nitrogens is 1. The fraction of sp³-hybridized carbons (Fsp3) is 0.188. The van der Waals surface area contributed by atoms with E-state index in [-0.39, 0.29) is 5.02 Å². The Balaban J connectivity index is 2.06. The summed E-state index contributed by atoms with van der Waals surface area (Å²) in [4.78, 5) is 6.90. The molecule has 0 aliphatic heterocycles. The van der Waals surface area contributed by atoms with Gasteiger partial charge in [0.15, 0.2) is 0 Å². The number of alkyl halides is 3. The third kappa shape index (κ3) is 3.56. The van der Waals surface area contributed by atoms with Gasteiger partial charge < -0.3 is 4.98 Å². The molecule has 4 nitrogen and oxygen atoms in total. The number of aromatic amines is 1. The lowest BCUT2D eigenvalue weighted by molar-refractivity contribution is -0.137. The highest BCUT2D eigenvalue weighted by molar-refractivity contribution is 6.31. The SMILES string of the molecule is FC(F)(F)c1ccc(Cl)c(C(Cc2cccnn2)c2cnc[nH]2)c1. The Morgan fingerprint density at radius 3 is 2.67 bits per heavy atom. The van der Waals surface area contributed by atoms with Gasteiger partial charge in [0.25, 0.3) is 0 Å². The zero-order valence-corrected chi connectivity index (χ0v) is 13.0. The van der Waals surface area contributed by atoms with Gasteiger partial charge in [-0.15, -0.1) is 0 Å². The van der Waals surface area contributed by atoms with Gasteiger partial charge >= 0.3 is 6.18 Å². The molecule has 0 spiro atoms. The number of aromatic nitrogens is 4. The second kappa shape index (κ2) is 6.60. The lowest BCUT2D eigenvalue weighted by atomic mass is 9.90. The number of benzene rings is 1. The van der Waals surface area contributed by atoms with Gasteiger partial charge in [0.05, 0.1) is 17.6 Å². The minimum atomic E-state index is -4.44. The number of halogens is 4. The first kappa shape index (κ1) is 16.4. The Labute approximate surface area is 140 Å². The molecule has 2 aromatic heterocycles. The molecule has 1 aromatic carbocycles. The number of nitrogens with one attached hydrogen (secondary N) is 1. The first-order valence-corrected chi connectivity index (χ1v) is 7.44. The van der Waals surface area contributed by atoms with Crippen LogP contribution in [0, 0.1) is 0 Å². The van der Waals surface area contributed by atoms with Gasteiger partial charge in [-0.2, -0.15) is 23.4 Å². The van der Waals surface area contributed by atoms with E-state index in [2.05, 4.69) is 20.2 Å². The monoisotopic (exact) mass is 352 g/mol. The maximum absolute atomic E-state index is 13.0. The molecule has 0 amide bonds. The minimum Gasteiger partial charge on any atom is -0.348 e. The van der Waals surface area contributed by atoms with Crippen LogP contribution in [0.15, 0.2) is 49.1 Å². The Kier molecular flexibility index (Phi) is 4.53. The van der Waals surface area contributed by atoms with Crippen LogP contribution in [-0.4, -0.2) is 20.2 Å². The van der Waals surface area contributed by atoms with Crippen molar-refractivity contribution in [2.75, 3.05) is 0 Å². The molecule has 0 bridgehead atoms. The van der Waals surface area contributed by atoms with Crippen molar-refractivity contribution in [3.8, 4) is 0 Å². The molecule has 124 valence electrons. The molecule has 1 atom stereocenters. The van der Waals surface area contributed by atoms with Crippen LogP contribution >= 0.6 is 11.6 Å². The van der Waals surface area contributed by atoms with Crippen molar-refractivity contribution in [2.24, 2.45) is 0 Å². The van der Waals surface area contributed by atoms with Crippen molar-refractivity contribution in [1.82, 2.24) is 20.2 Å². The molecule has 0 saturated carbocycles. The minimum absolute atomic E-state index is 0.256. The van der Waals surface area contributed by atoms with E-state index in [1.54, 1.807) is 18.3 Å². The van der Waals surface area contributed by atoms with Gasteiger partial charge in [-0.1, -0.05) is 11.6 Å². The molecular formula is C16H12ClF3N4. The molecule has 1 unspecified atom stereocenters. The molecule has 2 heterocycles. The lowest BCUT2D eigenvalue weighted by Crippen LogP contribution is -2.11. The molecule has 1 N–H and O–H groups in total. The van der Waals surface area contributed by atoms with Crippen LogP contribution in [0.4, 0.5) is 13.2 Å². The predicted octanol–water partition coefficient (Wildman–Crippen LogP) is 4.25. The average Bonchev–Trinajstić information content (AvgIpc) is 3.07. The summed E-state index contributed by atoms with van der Waals surface area (Å²) in [6.07, 6.45) is 0.478. The number of hydrogen-bond donors (Lipinski definition) is 1. The molecule has 8 heteroatoms. The molecule has 0 saturated heterocycles. The van der Waals surface area contributed by atoms with Crippen molar-refractivity contribution in [2.45, 2.75) is 18.5 Å². The highest BCUT2D eigenvalue weighted by Gasteiger charge is 2.32. The normalized spacial score (nSPS) is 13.0. The van der Waals surface area contributed by atoms with Crippen molar-refractivity contribution in [1.29, 1.82) is 0 Å². The van der Waals surface area contributed by atoms with Crippen molar-refractivity contribution >= 4 is 11.6 Å². The molecule has 24 heavy (non-hydrogen) atoms. The van der Waals surface area contributed by atoms with Gasteiger partial charge in [0, 0.05) is 35.4 Å². The Bertz CT molecular complexity index is 804. The number of imidazole rings is 1. The lowest BCUT2D eigenvalue weighted by Gasteiger charge is -2.18. The van der Waals surface area contributed by atoms with Crippen LogP contribution in [0.1, 0.15) is 28.4 Å². The summed E-state index contributed by atoms with van der Waals surface area (Å²) in [6, 6.07) is 6.79. The van der Waals surface area contributed by atoms with Crippen LogP contribution in [0.2, 0.25) is 5.02 Å². The van der Waals surface area contributed by atoms with E-state index < -0.39 is 17.7 Å². The molecular weight excluding hydrogens is 341 g/mol. The molecule has 3 aromatic rings. The summed E-state index contributed by atoms with van der Waals surface area (Å²) in [6.45, 7) is 0. The number of nitrogens with zero attached hydrogens (tertiary/aromatic N) is 3. The average molecular weight is 353 g/mol. The zero-order chi connectivity index (χ0) is 17.2. The van der Waals surface area contributed by atoms with Crippen LogP contribution < -0.4 is 0 Å². The first-order chi connectivity index (χ1) is 11.4. The van der Waals surface area contributed by atoms with E-state index in [9.17, 15) is 13.2 Å². The fourth-order valence-corrected chi connectivity index (χ4v) is 2.73. The molecule has 3 rings (SSSR count). The molecule has 0 aliphatic carbocycles. The highest BCUT2D eigenvalue weighted by Crippen LogP contribution is 2.37. The standard InChI is InChI=1S/C16H12ClF3N4/c17-14-4-3-10(16(18,19)20)6-12(14)13(15-8-21-9-22-15)7-11-2-1-5-23-24-11/h1-6,8-9,13H,7H2,(H,21,22). The highest BCUT2D eigenvalue weighted by atomic mass is 35.5. The maximum atomic E-state index is 13.0.